The first-order valence-corrected chi connectivity index (χ1v) is 6.81. The molecule has 2 heterocycles. The Hall–Kier alpha value is -1.18. The zero-order chi connectivity index (χ0) is 11.6. The minimum atomic E-state index is -3.63. The van der Waals surface area contributed by atoms with E-state index in [0.29, 0.717) is 0 Å². The van der Waals surface area contributed by atoms with Gasteiger partial charge in [-0.2, -0.15) is 0 Å². The van der Waals surface area contributed by atoms with Crippen molar-refractivity contribution in [3.63, 3.8) is 0 Å². The lowest BCUT2D eigenvalue weighted by Crippen LogP contribution is -2.12. The minimum absolute atomic E-state index is 0.0585. The molecule has 0 fully saturated rings. The van der Waals surface area contributed by atoms with Gasteiger partial charge in [-0.25, -0.2) is 18.4 Å². The summed E-state index contributed by atoms with van der Waals surface area (Å²) in [6.45, 7) is 0. The molecule has 0 saturated heterocycles. The van der Waals surface area contributed by atoms with Gasteiger partial charge in [-0.15, -0.1) is 0 Å². The molecule has 0 saturated carbocycles. The second-order valence-electron chi connectivity index (χ2n) is 2.75. The Labute approximate surface area is 101 Å². The number of hydrogen-bond acceptors (Lipinski definition) is 5. The van der Waals surface area contributed by atoms with Gasteiger partial charge in [-0.1, -0.05) is 29.0 Å². The Morgan fingerprint density at radius 2 is 2.12 bits per heavy atom. The van der Waals surface area contributed by atoms with E-state index in [1.165, 1.54) is 12.4 Å². The molecule has 0 spiro atoms. The summed E-state index contributed by atoms with van der Waals surface area (Å²) in [6.07, 6.45) is 2.70. The van der Waals surface area contributed by atoms with Gasteiger partial charge in [0.25, 0.3) is 10.0 Å². The quantitative estimate of drug-likeness (QED) is 0.930. The van der Waals surface area contributed by atoms with Crippen LogP contribution in [0.3, 0.4) is 0 Å². The molecule has 0 unspecified atom stereocenters. The van der Waals surface area contributed by atoms with Crippen molar-refractivity contribution in [2.75, 3.05) is 4.72 Å². The van der Waals surface area contributed by atoms with E-state index in [1.54, 1.807) is 18.2 Å². The number of thiazole rings is 1. The summed E-state index contributed by atoms with van der Waals surface area (Å²) in [5.74, 6) is 0.257. The molecule has 2 aromatic heterocycles. The fourth-order valence-corrected chi connectivity index (χ4v) is 3.28. The molecule has 8 heteroatoms. The number of nitrogens with zero attached hydrogens (tertiary/aromatic N) is 2. The summed E-state index contributed by atoms with van der Waals surface area (Å²) in [5.41, 5.74) is 0. The fourth-order valence-electron chi connectivity index (χ4n) is 0.974. The van der Waals surface area contributed by atoms with Crippen LogP contribution in [0, 0.1) is 0 Å². The van der Waals surface area contributed by atoms with Gasteiger partial charge < -0.3 is 0 Å². The molecule has 0 aliphatic rings. The summed E-state index contributed by atoms with van der Waals surface area (Å²) in [7, 11) is -3.63. The highest BCUT2D eigenvalue weighted by molar-refractivity contribution is 7.94. The van der Waals surface area contributed by atoms with Gasteiger partial charge in [0, 0.05) is 6.20 Å². The molecule has 16 heavy (non-hydrogen) atoms. The Kier molecular flexibility index (Phi) is 3.08. The van der Waals surface area contributed by atoms with Crippen molar-refractivity contribution in [3.8, 4) is 0 Å². The summed E-state index contributed by atoms with van der Waals surface area (Å²) in [5, 5.41) is 0. The second-order valence-corrected chi connectivity index (χ2v) is 6.27. The molecule has 0 aliphatic carbocycles. The number of aromatic nitrogens is 2. The highest BCUT2D eigenvalue weighted by atomic mass is 35.5. The first-order valence-electron chi connectivity index (χ1n) is 4.13. The predicted molar refractivity (Wildman–Crippen MR) is 62.2 cm³/mol. The van der Waals surface area contributed by atoms with Gasteiger partial charge in [0.05, 0.1) is 6.20 Å². The van der Waals surface area contributed by atoms with E-state index in [9.17, 15) is 8.42 Å². The maximum absolute atomic E-state index is 11.8. The Morgan fingerprint density at radius 1 is 1.31 bits per heavy atom. The molecule has 0 amide bonds. The summed E-state index contributed by atoms with van der Waals surface area (Å²) < 4.78 is 26.1. The van der Waals surface area contributed by atoms with Gasteiger partial charge in [0.1, 0.15) is 5.82 Å². The van der Waals surface area contributed by atoms with Crippen molar-refractivity contribution in [1.29, 1.82) is 0 Å². The number of hydrogen-bond donors (Lipinski definition) is 1. The van der Waals surface area contributed by atoms with Gasteiger partial charge in [-0.05, 0) is 12.1 Å². The van der Waals surface area contributed by atoms with Gasteiger partial charge in [0.15, 0.2) is 8.68 Å². The summed E-state index contributed by atoms with van der Waals surface area (Å²) in [4.78, 5) is 7.53. The first kappa shape index (κ1) is 11.3. The second kappa shape index (κ2) is 4.36. The maximum Gasteiger partial charge on any atom is 0.274 e. The molecule has 2 rings (SSSR count). The lowest BCUT2D eigenvalue weighted by Gasteiger charge is -2.03. The van der Waals surface area contributed by atoms with Crippen molar-refractivity contribution < 1.29 is 8.42 Å². The first-order chi connectivity index (χ1) is 7.58. The van der Waals surface area contributed by atoms with E-state index >= 15 is 0 Å². The Bertz CT molecular complexity index is 582. The molecular formula is C8H6ClN3O2S2. The van der Waals surface area contributed by atoms with E-state index in [4.69, 9.17) is 11.6 Å². The SMILES string of the molecule is O=S(=O)(Nc1ccccn1)c1cnc(Cl)s1. The minimum Gasteiger partial charge on any atom is -0.263 e. The van der Waals surface area contributed by atoms with Crippen LogP contribution in [-0.2, 0) is 10.0 Å². The molecule has 0 atom stereocenters. The number of nitrogens with one attached hydrogen (secondary N) is 1. The lowest BCUT2D eigenvalue weighted by molar-refractivity contribution is 0.603. The van der Waals surface area contributed by atoms with Gasteiger partial charge in [0.2, 0.25) is 0 Å². The third-order valence-electron chi connectivity index (χ3n) is 1.62. The zero-order valence-electron chi connectivity index (χ0n) is 7.79. The highest BCUT2D eigenvalue weighted by Crippen LogP contribution is 2.23. The highest BCUT2D eigenvalue weighted by Gasteiger charge is 2.17. The topological polar surface area (TPSA) is 72.0 Å². The van der Waals surface area contributed by atoms with Crippen LogP contribution < -0.4 is 4.72 Å². The number of sulfonamides is 1. The largest absolute Gasteiger partial charge is 0.274 e. The monoisotopic (exact) mass is 275 g/mol. The maximum atomic E-state index is 11.8. The van der Waals surface area contributed by atoms with Crippen molar-refractivity contribution in [2.45, 2.75) is 4.21 Å². The average molecular weight is 276 g/mol. The van der Waals surface area contributed by atoms with Crippen LogP contribution in [0.2, 0.25) is 4.47 Å². The van der Waals surface area contributed by atoms with E-state index in [1.807, 2.05) is 0 Å². The van der Waals surface area contributed by atoms with E-state index in [-0.39, 0.29) is 14.5 Å². The van der Waals surface area contributed by atoms with Crippen LogP contribution in [0.1, 0.15) is 0 Å². The third kappa shape index (κ3) is 2.49. The molecule has 1 N–H and O–H groups in total. The fraction of sp³-hybridized carbons (Fsp3) is 0. The molecule has 2 aromatic rings. The molecule has 0 aliphatic heterocycles. The van der Waals surface area contributed by atoms with E-state index in [0.717, 1.165) is 11.3 Å². The molecular weight excluding hydrogens is 270 g/mol. The number of anilines is 1. The average Bonchev–Trinajstić information content (AvgIpc) is 2.66. The van der Waals surface area contributed by atoms with Crippen molar-refractivity contribution in [1.82, 2.24) is 9.97 Å². The van der Waals surface area contributed by atoms with Gasteiger partial charge >= 0.3 is 0 Å². The Morgan fingerprint density at radius 3 is 2.69 bits per heavy atom. The molecule has 84 valence electrons. The van der Waals surface area contributed by atoms with Crippen molar-refractivity contribution >= 4 is 38.8 Å². The standard InChI is InChI=1S/C8H6ClN3O2S2/c9-8-11-5-7(15-8)16(13,14)12-6-3-1-2-4-10-6/h1-5H,(H,10,12). The molecule has 0 aromatic carbocycles. The normalized spacial score (nSPS) is 11.3. The van der Waals surface area contributed by atoms with E-state index in [2.05, 4.69) is 14.7 Å². The van der Waals surface area contributed by atoms with Crippen molar-refractivity contribution in [2.24, 2.45) is 0 Å². The number of pyridine rings is 1. The summed E-state index contributed by atoms with van der Waals surface area (Å²) in [6, 6.07) is 4.94. The van der Waals surface area contributed by atoms with E-state index < -0.39 is 10.0 Å². The molecule has 0 radical (unpaired) electrons. The Balaban J connectivity index is 2.28. The number of halogens is 1. The smallest absolute Gasteiger partial charge is 0.263 e. The zero-order valence-corrected chi connectivity index (χ0v) is 10.2. The van der Waals surface area contributed by atoms with Crippen LogP contribution in [0.15, 0.2) is 34.8 Å². The lowest BCUT2D eigenvalue weighted by atomic mass is 10.5. The van der Waals surface area contributed by atoms with Gasteiger partial charge in [-0.3, -0.25) is 4.72 Å². The van der Waals surface area contributed by atoms with Crippen molar-refractivity contribution in [3.05, 3.63) is 35.1 Å². The molecule has 5 nitrogen and oxygen atoms in total. The summed E-state index contributed by atoms with van der Waals surface area (Å²) >= 11 is 6.46. The number of rotatable bonds is 3. The van der Waals surface area contributed by atoms with Crippen LogP contribution >= 0.6 is 22.9 Å². The van der Waals surface area contributed by atoms with Crippen LogP contribution in [0.4, 0.5) is 5.82 Å². The third-order valence-corrected chi connectivity index (χ3v) is 4.56. The van der Waals surface area contributed by atoms with Crippen LogP contribution in [0.5, 0.6) is 0 Å². The van der Waals surface area contributed by atoms with Crippen LogP contribution in [0.25, 0.3) is 0 Å². The van der Waals surface area contributed by atoms with Crippen LogP contribution in [-0.4, -0.2) is 18.4 Å². The predicted octanol–water partition coefficient (Wildman–Crippen LogP) is 1.99. The molecule has 0 bridgehead atoms.